The Labute approximate surface area is 112 Å². The van der Waals surface area contributed by atoms with Gasteiger partial charge in [-0.05, 0) is 44.0 Å². The van der Waals surface area contributed by atoms with E-state index in [9.17, 15) is 4.79 Å². The van der Waals surface area contributed by atoms with Crippen LogP contribution in [0, 0.1) is 0 Å². The number of halogens is 2. The number of hydrogen-bond acceptors (Lipinski definition) is 1. The average Bonchev–Trinajstić information content (AvgIpc) is 2.21. The van der Waals surface area contributed by atoms with Gasteiger partial charge in [0.25, 0.3) is 0 Å². The highest BCUT2D eigenvalue weighted by Crippen LogP contribution is 2.24. The van der Waals surface area contributed by atoms with E-state index in [1.54, 1.807) is 12.1 Å². The van der Waals surface area contributed by atoms with Crippen LogP contribution in [0.1, 0.15) is 19.4 Å². The zero-order valence-electron chi connectivity index (χ0n) is 9.89. The SMILES string of the molecule is C=CC(=O)NC(C)(C)Cc1ccc(Cl)cc1Cl. The molecule has 0 aliphatic heterocycles. The summed E-state index contributed by atoms with van der Waals surface area (Å²) in [6, 6.07) is 5.35. The molecule has 0 heterocycles. The molecule has 0 unspecified atom stereocenters. The van der Waals surface area contributed by atoms with Gasteiger partial charge in [-0.3, -0.25) is 4.79 Å². The maximum atomic E-state index is 11.3. The largest absolute Gasteiger partial charge is 0.347 e. The number of benzene rings is 1. The highest BCUT2D eigenvalue weighted by atomic mass is 35.5. The van der Waals surface area contributed by atoms with Gasteiger partial charge in [-0.2, -0.15) is 0 Å². The van der Waals surface area contributed by atoms with Crippen molar-refractivity contribution in [2.75, 3.05) is 0 Å². The van der Waals surface area contributed by atoms with Gasteiger partial charge in [-0.25, -0.2) is 0 Å². The first kappa shape index (κ1) is 14.1. The maximum Gasteiger partial charge on any atom is 0.243 e. The molecule has 1 N–H and O–H groups in total. The van der Waals surface area contributed by atoms with Gasteiger partial charge in [0.2, 0.25) is 5.91 Å². The number of amides is 1. The molecule has 1 aromatic rings. The molecular weight excluding hydrogens is 257 g/mol. The van der Waals surface area contributed by atoms with Crippen molar-refractivity contribution < 1.29 is 4.79 Å². The Morgan fingerprint density at radius 1 is 1.47 bits per heavy atom. The molecule has 0 saturated heterocycles. The zero-order chi connectivity index (χ0) is 13.1. The zero-order valence-corrected chi connectivity index (χ0v) is 11.4. The molecule has 0 bridgehead atoms. The fourth-order valence-electron chi connectivity index (χ4n) is 1.57. The first-order chi connectivity index (χ1) is 7.84. The van der Waals surface area contributed by atoms with Crippen LogP contribution in [0.25, 0.3) is 0 Å². The van der Waals surface area contributed by atoms with Crippen LogP contribution in [0.4, 0.5) is 0 Å². The Kier molecular flexibility index (Phi) is 4.61. The molecule has 0 fully saturated rings. The Hall–Kier alpha value is -0.990. The van der Waals surface area contributed by atoms with Gasteiger partial charge >= 0.3 is 0 Å². The lowest BCUT2D eigenvalue weighted by molar-refractivity contribution is -0.117. The van der Waals surface area contributed by atoms with E-state index in [0.717, 1.165) is 5.56 Å². The number of hydrogen-bond donors (Lipinski definition) is 1. The Bertz CT molecular complexity index is 441. The van der Waals surface area contributed by atoms with Gasteiger partial charge in [-0.1, -0.05) is 35.8 Å². The Balaban J connectivity index is 2.82. The van der Waals surface area contributed by atoms with Gasteiger partial charge in [0.15, 0.2) is 0 Å². The van der Waals surface area contributed by atoms with E-state index in [1.165, 1.54) is 6.08 Å². The molecule has 1 rings (SSSR count). The first-order valence-corrected chi connectivity index (χ1v) is 5.98. The summed E-state index contributed by atoms with van der Waals surface area (Å²) in [5.41, 5.74) is 0.563. The molecule has 0 aromatic heterocycles. The van der Waals surface area contributed by atoms with Crippen molar-refractivity contribution in [2.24, 2.45) is 0 Å². The fourth-order valence-corrected chi connectivity index (χ4v) is 2.05. The lowest BCUT2D eigenvalue weighted by Crippen LogP contribution is -2.44. The molecule has 0 aliphatic carbocycles. The van der Waals surface area contributed by atoms with Crippen LogP contribution in [-0.2, 0) is 11.2 Å². The topological polar surface area (TPSA) is 29.1 Å². The first-order valence-electron chi connectivity index (χ1n) is 5.22. The fraction of sp³-hybridized carbons (Fsp3) is 0.308. The van der Waals surface area contributed by atoms with Crippen molar-refractivity contribution in [2.45, 2.75) is 25.8 Å². The molecular formula is C13H15Cl2NO. The molecule has 0 radical (unpaired) electrons. The number of nitrogens with one attached hydrogen (secondary N) is 1. The molecule has 0 aliphatic rings. The van der Waals surface area contributed by atoms with Crippen LogP contribution < -0.4 is 5.32 Å². The molecule has 0 spiro atoms. The highest BCUT2D eigenvalue weighted by molar-refractivity contribution is 6.35. The smallest absolute Gasteiger partial charge is 0.243 e. The predicted octanol–water partition coefficient (Wildman–Crippen LogP) is 3.62. The molecule has 0 saturated carbocycles. The third-order valence-corrected chi connectivity index (χ3v) is 2.88. The van der Waals surface area contributed by atoms with Crippen molar-refractivity contribution in [1.82, 2.24) is 5.32 Å². The summed E-state index contributed by atoms with van der Waals surface area (Å²) in [6.45, 7) is 7.29. The average molecular weight is 272 g/mol. The summed E-state index contributed by atoms with van der Waals surface area (Å²) in [7, 11) is 0. The molecule has 1 amide bonds. The van der Waals surface area contributed by atoms with Crippen LogP contribution >= 0.6 is 23.2 Å². The molecule has 17 heavy (non-hydrogen) atoms. The standard InChI is InChI=1S/C13H15Cl2NO/c1-4-12(17)16-13(2,3)8-9-5-6-10(14)7-11(9)15/h4-7H,1,8H2,2-3H3,(H,16,17). The summed E-state index contributed by atoms with van der Waals surface area (Å²) in [5.74, 6) is -0.194. The molecule has 0 atom stereocenters. The second kappa shape index (κ2) is 5.56. The van der Waals surface area contributed by atoms with Crippen LogP contribution in [-0.4, -0.2) is 11.4 Å². The van der Waals surface area contributed by atoms with E-state index in [0.29, 0.717) is 16.5 Å². The van der Waals surface area contributed by atoms with Crippen LogP contribution in [0.5, 0.6) is 0 Å². The minimum absolute atomic E-state index is 0.194. The van der Waals surface area contributed by atoms with E-state index in [-0.39, 0.29) is 11.4 Å². The second-order valence-electron chi connectivity index (χ2n) is 4.49. The number of carbonyl (C=O) groups is 1. The number of carbonyl (C=O) groups excluding carboxylic acids is 1. The lowest BCUT2D eigenvalue weighted by Gasteiger charge is -2.26. The van der Waals surface area contributed by atoms with Gasteiger partial charge in [-0.15, -0.1) is 0 Å². The van der Waals surface area contributed by atoms with E-state index in [1.807, 2.05) is 19.9 Å². The van der Waals surface area contributed by atoms with Gasteiger partial charge in [0.1, 0.15) is 0 Å². The third kappa shape index (κ3) is 4.41. The number of rotatable bonds is 4. The second-order valence-corrected chi connectivity index (χ2v) is 5.33. The van der Waals surface area contributed by atoms with Gasteiger partial charge in [0, 0.05) is 15.6 Å². The van der Waals surface area contributed by atoms with E-state index >= 15 is 0 Å². The maximum absolute atomic E-state index is 11.3. The van der Waals surface area contributed by atoms with E-state index < -0.39 is 0 Å². The minimum atomic E-state index is -0.386. The lowest BCUT2D eigenvalue weighted by atomic mass is 9.95. The molecule has 1 aromatic carbocycles. The van der Waals surface area contributed by atoms with Gasteiger partial charge in [0.05, 0.1) is 0 Å². The Morgan fingerprint density at radius 3 is 2.65 bits per heavy atom. The van der Waals surface area contributed by atoms with Crippen molar-refractivity contribution in [3.8, 4) is 0 Å². The van der Waals surface area contributed by atoms with Crippen LogP contribution in [0.3, 0.4) is 0 Å². The van der Waals surface area contributed by atoms with Crippen molar-refractivity contribution in [3.63, 3.8) is 0 Å². The molecule has 92 valence electrons. The summed E-state index contributed by atoms with van der Waals surface area (Å²) >= 11 is 11.9. The predicted molar refractivity (Wildman–Crippen MR) is 72.6 cm³/mol. The summed E-state index contributed by atoms with van der Waals surface area (Å²) in [4.78, 5) is 11.3. The normalized spacial score (nSPS) is 11.1. The highest BCUT2D eigenvalue weighted by Gasteiger charge is 2.21. The summed E-state index contributed by atoms with van der Waals surface area (Å²) < 4.78 is 0. The van der Waals surface area contributed by atoms with Gasteiger partial charge < -0.3 is 5.32 Å². The Morgan fingerprint density at radius 2 is 2.12 bits per heavy atom. The van der Waals surface area contributed by atoms with Crippen LogP contribution in [0.15, 0.2) is 30.9 Å². The van der Waals surface area contributed by atoms with Crippen molar-refractivity contribution in [3.05, 3.63) is 46.5 Å². The third-order valence-electron chi connectivity index (χ3n) is 2.29. The van der Waals surface area contributed by atoms with E-state index in [4.69, 9.17) is 23.2 Å². The minimum Gasteiger partial charge on any atom is -0.347 e. The van der Waals surface area contributed by atoms with Crippen molar-refractivity contribution in [1.29, 1.82) is 0 Å². The summed E-state index contributed by atoms with van der Waals surface area (Å²) in [6.07, 6.45) is 1.88. The monoisotopic (exact) mass is 271 g/mol. The van der Waals surface area contributed by atoms with E-state index in [2.05, 4.69) is 11.9 Å². The summed E-state index contributed by atoms with van der Waals surface area (Å²) in [5, 5.41) is 4.06. The van der Waals surface area contributed by atoms with Crippen LogP contribution in [0.2, 0.25) is 10.0 Å². The molecule has 2 nitrogen and oxygen atoms in total. The van der Waals surface area contributed by atoms with Crippen molar-refractivity contribution >= 4 is 29.1 Å². The quantitative estimate of drug-likeness (QED) is 0.833. The molecule has 4 heteroatoms.